The number of aliphatic carboxylic acids is 1. The minimum absolute atomic E-state index is 0.0835. The van der Waals surface area contributed by atoms with E-state index in [1.54, 1.807) is 6.92 Å². The highest BCUT2D eigenvalue weighted by Gasteiger charge is 2.90. The molecule has 0 aliphatic rings. The maximum atomic E-state index is 14.3. The molecule has 0 aromatic heterocycles. The Hall–Kier alpha value is -3.19. The molecule has 1 aromatic rings. The number of carbonyl (C=O) groups is 2. The van der Waals surface area contributed by atoms with Crippen molar-refractivity contribution in [1.82, 2.24) is 4.90 Å². The predicted molar refractivity (Wildman–Crippen MR) is 118 cm³/mol. The van der Waals surface area contributed by atoms with Gasteiger partial charge in [-0.3, -0.25) is 4.90 Å². The zero-order valence-corrected chi connectivity index (χ0v) is 22.0. The lowest BCUT2D eigenvalue weighted by Gasteiger charge is -2.40. The first kappa shape index (κ1) is 37.8. The minimum atomic E-state index is -8.07. The van der Waals surface area contributed by atoms with Gasteiger partial charge in [-0.2, -0.15) is 57.1 Å². The van der Waals surface area contributed by atoms with Crippen molar-refractivity contribution in [2.75, 3.05) is 32.9 Å². The van der Waals surface area contributed by atoms with Crippen LogP contribution >= 0.6 is 0 Å². The molecule has 1 N–H and O–H groups in total. The van der Waals surface area contributed by atoms with Gasteiger partial charge in [0.2, 0.25) is 0 Å². The Bertz CT molecular complexity index is 1080. The summed E-state index contributed by atoms with van der Waals surface area (Å²) in [5.41, 5.74) is 0.414. The SMILES string of the molecule is CCOC(=O)N(CCOc1ccc(CC(OCC)C(=O)O)cc1)CC(F)(F)C(F)(F)C(F)(F)C(F)(F)C(F)(F)C(F)(F)F. The molecule has 0 fully saturated rings. The number of carbonyl (C=O) groups excluding carboxylic acids is 1. The van der Waals surface area contributed by atoms with E-state index in [4.69, 9.17) is 14.6 Å². The molecule has 0 bridgehead atoms. The van der Waals surface area contributed by atoms with Gasteiger partial charge in [-0.05, 0) is 31.5 Å². The molecule has 0 heterocycles. The lowest BCUT2D eigenvalue weighted by molar-refractivity contribution is -0.440. The van der Waals surface area contributed by atoms with Crippen molar-refractivity contribution in [3.8, 4) is 5.75 Å². The van der Waals surface area contributed by atoms with Gasteiger partial charge in [-0.15, -0.1) is 0 Å². The van der Waals surface area contributed by atoms with Gasteiger partial charge in [0, 0.05) is 13.0 Å². The minimum Gasteiger partial charge on any atom is -0.492 e. The molecular weight excluding hydrogens is 633 g/mol. The Balaban J connectivity index is 3.13. The summed E-state index contributed by atoms with van der Waals surface area (Å²) < 4.78 is 189. The number of carboxylic acids is 1. The van der Waals surface area contributed by atoms with Crippen LogP contribution in [0.5, 0.6) is 5.75 Å². The average molecular weight is 657 g/mol. The molecule has 43 heavy (non-hydrogen) atoms. The monoisotopic (exact) mass is 657 g/mol. The molecular formula is C23H24F13NO6. The molecule has 0 aliphatic heterocycles. The average Bonchev–Trinajstić information content (AvgIpc) is 2.87. The summed E-state index contributed by atoms with van der Waals surface area (Å²) in [4.78, 5) is 22.7. The van der Waals surface area contributed by atoms with Gasteiger partial charge >= 0.3 is 47.9 Å². The molecule has 1 unspecified atom stereocenters. The van der Waals surface area contributed by atoms with Crippen LogP contribution in [0.3, 0.4) is 0 Å². The van der Waals surface area contributed by atoms with Crippen molar-refractivity contribution in [1.29, 1.82) is 0 Å². The number of nitrogens with zero attached hydrogens (tertiary/aromatic N) is 1. The first-order chi connectivity index (χ1) is 19.4. The van der Waals surface area contributed by atoms with Gasteiger partial charge in [0.1, 0.15) is 12.4 Å². The molecule has 1 rings (SSSR count). The van der Waals surface area contributed by atoms with Crippen molar-refractivity contribution >= 4 is 12.1 Å². The molecule has 1 aromatic carbocycles. The Labute approximate surface area is 234 Å². The van der Waals surface area contributed by atoms with Gasteiger partial charge in [0.15, 0.2) is 6.10 Å². The molecule has 1 amide bonds. The number of ether oxygens (including phenoxy) is 3. The van der Waals surface area contributed by atoms with E-state index in [9.17, 15) is 66.7 Å². The summed E-state index contributed by atoms with van der Waals surface area (Å²) >= 11 is 0. The largest absolute Gasteiger partial charge is 0.492 e. The zero-order valence-electron chi connectivity index (χ0n) is 22.0. The Morgan fingerprint density at radius 3 is 1.74 bits per heavy atom. The van der Waals surface area contributed by atoms with Crippen molar-refractivity contribution in [2.45, 2.75) is 62.2 Å². The Morgan fingerprint density at radius 2 is 1.30 bits per heavy atom. The summed E-state index contributed by atoms with van der Waals surface area (Å²) in [6, 6.07) is 5.09. The highest BCUT2D eigenvalue weighted by molar-refractivity contribution is 5.72. The molecule has 0 spiro atoms. The van der Waals surface area contributed by atoms with Crippen LogP contribution < -0.4 is 4.74 Å². The zero-order chi connectivity index (χ0) is 33.7. The number of hydrogen-bond donors (Lipinski definition) is 1. The number of benzene rings is 1. The van der Waals surface area contributed by atoms with Gasteiger partial charge in [0.25, 0.3) is 0 Å². The summed E-state index contributed by atoms with van der Waals surface area (Å²) in [5, 5.41) is 9.10. The van der Waals surface area contributed by atoms with Crippen LogP contribution in [0, 0.1) is 0 Å². The number of amides is 1. The number of alkyl halides is 13. The second-order valence-corrected chi connectivity index (χ2v) is 8.60. The number of rotatable bonds is 16. The summed E-state index contributed by atoms with van der Waals surface area (Å²) in [6.07, 6.45) is -10.8. The van der Waals surface area contributed by atoms with E-state index in [0.29, 0.717) is 5.56 Å². The van der Waals surface area contributed by atoms with Crippen LogP contribution in [-0.2, 0) is 20.7 Å². The maximum absolute atomic E-state index is 14.3. The topological polar surface area (TPSA) is 85.3 Å². The van der Waals surface area contributed by atoms with Crippen LogP contribution in [0.25, 0.3) is 0 Å². The quantitative estimate of drug-likeness (QED) is 0.210. The number of carboxylic acid groups (broad SMARTS) is 1. The third-order valence-electron chi connectivity index (χ3n) is 5.53. The molecule has 248 valence electrons. The van der Waals surface area contributed by atoms with Crippen molar-refractivity contribution in [3.63, 3.8) is 0 Å². The first-order valence-corrected chi connectivity index (χ1v) is 11.8. The molecule has 0 radical (unpaired) electrons. The predicted octanol–water partition coefficient (Wildman–Crippen LogP) is 6.29. The lowest BCUT2D eigenvalue weighted by atomic mass is 9.93. The molecule has 0 saturated heterocycles. The van der Waals surface area contributed by atoms with Crippen LogP contribution in [0.15, 0.2) is 24.3 Å². The summed E-state index contributed by atoms with van der Waals surface area (Å²) in [5.74, 6) is -39.4. The first-order valence-electron chi connectivity index (χ1n) is 11.8. The van der Waals surface area contributed by atoms with Crippen molar-refractivity contribution in [2.24, 2.45) is 0 Å². The Morgan fingerprint density at radius 1 is 0.791 bits per heavy atom. The lowest BCUT2D eigenvalue weighted by Crippen LogP contribution is -2.71. The van der Waals surface area contributed by atoms with Crippen LogP contribution in [0.1, 0.15) is 19.4 Å². The van der Waals surface area contributed by atoms with Crippen LogP contribution in [-0.4, -0.2) is 96.9 Å². The summed E-state index contributed by atoms with van der Waals surface area (Å²) in [6.45, 7) is -2.89. The molecule has 0 aliphatic carbocycles. The second kappa shape index (κ2) is 13.6. The van der Waals surface area contributed by atoms with Crippen LogP contribution in [0.4, 0.5) is 61.9 Å². The van der Waals surface area contributed by atoms with Gasteiger partial charge < -0.3 is 19.3 Å². The number of hydrogen-bond acceptors (Lipinski definition) is 5. The fraction of sp³-hybridized carbons (Fsp3) is 0.652. The van der Waals surface area contributed by atoms with Crippen molar-refractivity contribution in [3.05, 3.63) is 29.8 Å². The van der Waals surface area contributed by atoms with Crippen molar-refractivity contribution < 1.29 is 86.0 Å². The van der Waals surface area contributed by atoms with E-state index in [1.807, 2.05) is 0 Å². The second-order valence-electron chi connectivity index (χ2n) is 8.60. The molecule has 7 nitrogen and oxygen atoms in total. The fourth-order valence-corrected chi connectivity index (χ4v) is 3.22. The third-order valence-corrected chi connectivity index (χ3v) is 5.53. The Kier molecular flexibility index (Phi) is 12.0. The molecule has 1 atom stereocenters. The van der Waals surface area contributed by atoms with E-state index in [-0.39, 0.29) is 18.8 Å². The normalized spacial score (nSPS) is 14.3. The van der Waals surface area contributed by atoms with Gasteiger partial charge in [-0.1, -0.05) is 12.1 Å². The van der Waals surface area contributed by atoms with E-state index in [0.717, 1.165) is 6.92 Å². The number of halogens is 13. The van der Waals surface area contributed by atoms with E-state index in [2.05, 4.69) is 4.74 Å². The standard InChI is InChI=1S/C23H24F13NO6/c1-3-41-15(16(38)39)11-13-5-7-14(8-6-13)43-10-9-37(17(40)42-4-2)12-18(24,25)19(26,27)20(28,29)21(30,31)22(32,33)23(34,35)36/h5-8,15H,3-4,9-12H2,1-2H3,(H,38,39). The van der Waals surface area contributed by atoms with Gasteiger partial charge in [0.05, 0.1) is 19.7 Å². The highest BCUT2D eigenvalue weighted by atomic mass is 19.4. The van der Waals surface area contributed by atoms with Gasteiger partial charge in [-0.25, -0.2) is 9.59 Å². The van der Waals surface area contributed by atoms with E-state index in [1.165, 1.54) is 24.3 Å². The summed E-state index contributed by atoms with van der Waals surface area (Å²) in [7, 11) is 0. The highest BCUT2D eigenvalue weighted by Crippen LogP contribution is 2.60. The fourth-order valence-electron chi connectivity index (χ4n) is 3.22. The molecule has 0 saturated carbocycles. The smallest absolute Gasteiger partial charge is 0.460 e. The molecule has 20 heteroatoms. The third kappa shape index (κ3) is 8.05. The van der Waals surface area contributed by atoms with E-state index < -0.39 is 85.2 Å². The van der Waals surface area contributed by atoms with E-state index >= 15 is 0 Å². The maximum Gasteiger partial charge on any atom is 0.460 e. The van der Waals surface area contributed by atoms with Crippen LogP contribution in [0.2, 0.25) is 0 Å².